The van der Waals surface area contributed by atoms with Gasteiger partial charge in [0.15, 0.2) is 0 Å². The van der Waals surface area contributed by atoms with Crippen LogP contribution in [0.1, 0.15) is 38.2 Å². The Morgan fingerprint density at radius 1 is 1.33 bits per heavy atom. The van der Waals surface area contributed by atoms with Crippen molar-refractivity contribution in [2.75, 3.05) is 18.0 Å². The van der Waals surface area contributed by atoms with Crippen LogP contribution in [0.4, 0.5) is 5.69 Å². The van der Waals surface area contributed by atoms with Crippen molar-refractivity contribution >= 4 is 5.69 Å². The molecule has 1 aromatic carbocycles. The van der Waals surface area contributed by atoms with Crippen LogP contribution in [-0.2, 0) is 0 Å². The van der Waals surface area contributed by atoms with Gasteiger partial charge in [0.2, 0.25) is 0 Å². The van der Waals surface area contributed by atoms with Crippen molar-refractivity contribution in [2.45, 2.75) is 45.6 Å². The first-order valence-corrected chi connectivity index (χ1v) is 7.26. The van der Waals surface area contributed by atoms with Crippen LogP contribution in [0.3, 0.4) is 0 Å². The second kappa shape index (κ2) is 6.24. The lowest BCUT2D eigenvalue weighted by atomic mass is 9.86. The molecule has 0 radical (unpaired) electrons. The minimum atomic E-state index is 0.431. The molecule has 1 fully saturated rings. The molecule has 0 bridgehead atoms. The number of hydrogen-bond donors (Lipinski definition) is 1. The van der Waals surface area contributed by atoms with Crippen molar-refractivity contribution in [3.63, 3.8) is 0 Å². The third-order valence-electron chi connectivity index (χ3n) is 4.05. The van der Waals surface area contributed by atoms with Gasteiger partial charge in [-0.25, -0.2) is 0 Å². The van der Waals surface area contributed by atoms with Crippen LogP contribution in [0.25, 0.3) is 0 Å². The van der Waals surface area contributed by atoms with E-state index in [0.29, 0.717) is 6.04 Å². The standard InChI is InChI=1S/C16H26N2/c1-3-18(16-9-4-6-13(2)10-16)12-14-7-5-8-15(17)11-14/h4,6,9-10,14-15H,3,5,7-8,11-12,17H2,1-2H3. The number of anilines is 1. The van der Waals surface area contributed by atoms with Gasteiger partial charge in [0.25, 0.3) is 0 Å². The van der Waals surface area contributed by atoms with Crippen LogP contribution in [0.5, 0.6) is 0 Å². The van der Waals surface area contributed by atoms with E-state index in [2.05, 4.69) is 43.0 Å². The molecule has 2 nitrogen and oxygen atoms in total. The maximum absolute atomic E-state index is 6.09. The highest BCUT2D eigenvalue weighted by Gasteiger charge is 2.21. The summed E-state index contributed by atoms with van der Waals surface area (Å²) in [6.07, 6.45) is 5.06. The van der Waals surface area contributed by atoms with Gasteiger partial charge in [-0.3, -0.25) is 0 Å². The third kappa shape index (κ3) is 3.49. The molecule has 0 aromatic heterocycles. The molecular weight excluding hydrogens is 220 g/mol. The Morgan fingerprint density at radius 2 is 2.17 bits per heavy atom. The topological polar surface area (TPSA) is 29.3 Å². The van der Waals surface area contributed by atoms with E-state index < -0.39 is 0 Å². The molecule has 1 aliphatic carbocycles. The molecule has 0 heterocycles. The predicted molar refractivity (Wildman–Crippen MR) is 79.0 cm³/mol. The van der Waals surface area contributed by atoms with Crippen LogP contribution < -0.4 is 10.6 Å². The van der Waals surface area contributed by atoms with Gasteiger partial charge in [-0.05, 0) is 56.7 Å². The van der Waals surface area contributed by atoms with Gasteiger partial charge in [0, 0.05) is 24.8 Å². The molecule has 2 unspecified atom stereocenters. The Bertz CT molecular complexity index is 375. The summed E-state index contributed by atoms with van der Waals surface area (Å²) in [6.45, 7) is 6.64. The predicted octanol–water partition coefficient (Wildman–Crippen LogP) is 3.34. The SMILES string of the molecule is CCN(CC1CCCC(N)C1)c1cccc(C)c1. The molecule has 2 atom stereocenters. The normalized spacial score (nSPS) is 23.9. The third-order valence-corrected chi connectivity index (χ3v) is 4.05. The Hall–Kier alpha value is -1.02. The van der Waals surface area contributed by atoms with Gasteiger partial charge in [0.05, 0.1) is 0 Å². The van der Waals surface area contributed by atoms with Crippen molar-refractivity contribution in [1.82, 2.24) is 0 Å². The quantitative estimate of drug-likeness (QED) is 0.883. The smallest absolute Gasteiger partial charge is 0.0368 e. The van der Waals surface area contributed by atoms with Gasteiger partial charge >= 0.3 is 0 Å². The van der Waals surface area contributed by atoms with E-state index >= 15 is 0 Å². The Morgan fingerprint density at radius 3 is 2.83 bits per heavy atom. The second-order valence-electron chi connectivity index (χ2n) is 5.67. The average Bonchev–Trinajstić information content (AvgIpc) is 2.36. The summed E-state index contributed by atoms with van der Waals surface area (Å²) in [5.74, 6) is 0.772. The fraction of sp³-hybridized carbons (Fsp3) is 0.625. The maximum Gasteiger partial charge on any atom is 0.0368 e. The van der Waals surface area contributed by atoms with Crippen LogP contribution in [0, 0.1) is 12.8 Å². The average molecular weight is 246 g/mol. The molecular formula is C16H26N2. The fourth-order valence-electron chi connectivity index (χ4n) is 3.05. The highest BCUT2D eigenvalue weighted by atomic mass is 15.1. The Balaban J connectivity index is 2.00. The maximum atomic E-state index is 6.09. The van der Waals surface area contributed by atoms with E-state index in [1.165, 1.54) is 36.9 Å². The minimum absolute atomic E-state index is 0.431. The molecule has 1 aliphatic rings. The molecule has 0 spiro atoms. The molecule has 2 rings (SSSR count). The molecule has 2 N–H and O–H groups in total. The van der Waals surface area contributed by atoms with Gasteiger partial charge in [-0.2, -0.15) is 0 Å². The van der Waals surface area contributed by atoms with E-state index in [9.17, 15) is 0 Å². The first-order valence-electron chi connectivity index (χ1n) is 7.26. The summed E-state index contributed by atoms with van der Waals surface area (Å²) < 4.78 is 0. The fourth-order valence-corrected chi connectivity index (χ4v) is 3.05. The zero-order valence-electron chi connectivity index (χ0n) is 11.7. The minimum Gasteiger partial charge on any atom is -0.372 e. The highest BCUT2D eigenvalue weighted by Crippen LogP contribution is 2.26. The molecule has 1 aromatic rings. The second-order valence-corrected chi connectivity index (χ2v) is 5.67. The first-order chi connectivity index (χ1) is 8.69. The lowest BCUT2D eigenvalue weighted by Gasteiger charge is -2.33. The van der Waals surface area contributed by atoms with E-state index in [-0.39, 0.29) is 0 Å². The summed E-state index contributed by atoms with van der Waals surface area (Å²) in [5.41, 5.74) is 8.78. The van der Waals surface area contributed by atoms with Gasteiger partial charge in [-0.1, -0.05) is 18.6 Å². The van der Waals surface area contributed by atoms with Crippen molar-refractivity contribution in [1.29, 1.82) is 0 Å². The van der Waals surface area contributed by atoms with Gasteiger partial charge in [-0.15, -0.1) is 0 Å². The lowest BCUT2D eigenvalue weighted by molar-refractivity contribution is 0.324. The lowest BCUT2D eigenvalue weighted by Crippen LogP contribution is -2.35. The summed E-state index contributed by atoms with van der Waals surface area (Å²) in [4.78, 5) is 2.50. The zero-order valence-corrected chi connectivity index (χ0v) is 11.7. The number of nitrogens with zero attached hydrogens (tertiary/aromatic N) is 1. The number of hydrogen-bond acceptors (Lipinski definition) is 2. The van der Waals surface area contributed by atoms with Gasteiger partial charge < -0.3 is 10.6 Å². The highest BCUT2D eigenvalue weighted by molar-refractivity contribution is 5.48. The van der Waals surface area contributed by atoms with Crippen LogP contribution in [0.2, 0.25) is 0 Å². The molecule has 18 heavy (non-hydrogen) atoms. The summed E-state index contributed by atoms with van der Waals surface area (Å²) in [6, 6.07) is 9.25. The zero-order chi connectivity index (χ0) is 13.0. The van der Waals surface area contributed by atoms with Crippen molar-refractivity contribution in [3.05, 3.63) is 29.8 Å². The molecule has 1 saturated carbocycles. The number of aryl methyl sites for hydroxylation is 1. The van der Waals surface area contributed by atoms with Crippen molar-refractivity contribution in [2.24, 2.45) is 11.7 Å². The first kappa shape index (κ1) is 13.4. The molecule has 0 saturated heterocycles. The summed E-state index contributed by atoms with van der Waals surface area (Å²) in [5, 5.41) is 0. The summed E-state index contributed by atoms with van der Waals surface area (Å²) in [7, 11) is 0. The number of rotatable bonds is 4. The molecule has 2 heteroatoms. The van der Waals surface area contributed by atoms with E-state index in [1.807, 2.05) is 0 Å². The van der Waals surface area contributed by atoms with E-state index in [4.69, 9.17) is 5.73 Å². The monoisotopic (exact) mass is 246 g/mol. The number of benzene rings is 1. The van der Waals surface area contributed by atoms with Crippen LogP contribution in [0.15, 0.2) is 24.3 Å². The molecule has 0 aliphatic heterocycles. The Kier molecular flexibility index (Phi) is 4.65. The van der Waals surface area contributed by atoms with E-state index in [0.717, 1.165) is 19.0 Å². The molecule has 100 valence electrons. The largest absolute Gasteiger partial charge is 0.372 e. The van der Waals surface area contributed by atoms with E-state index in [1.54, 1.807) is 0 Å². The summed E-state index contributed by atoms with van der Waals surface area (Å²) >= 11 is 0. The Labute approximate surface area is 111 Å². The molecule has 0 amide bonds. The number of nitrogens with two attached hydrogens (primary N) is 1. The van der Waals surface area contributed by atoms with Crippen LogP contribution >= 0.6 is 0 Å². The van der Waals surface area contributed by atoms with Crippen molar-refractivity contribution < 1.29 is 0 Å². The van der Waals surface area contributed by atoms with Gasteiger partial charge in [0.1, 0.15) is 0 Å². The van der Waals surface area contributed by atoms with Crippen molar-refractivity contribution in [3.8, 4) is 0 Å². The van der Waals surface area contributed by atoms with Crippen LogP contribution in [-0.4, -0.2) is 19.1 Å².